The fourth-order valence-electron chi connectivity index (χ4n) is 7.54. The summed E-state index contributed by atoms with van der Waals surface area (Å²) in [6.45, 7) is 5.62. The molecule has 7 nitrogen and oxygen atoms in total. The first kappa shape index (κ1) is 17.8. The molecule has 2 heterocycles. The first-order chi connectivity index (χ1) is 12.6. The molecule has 0 aromatic heterocycles. The SMILES string of the molecule is CC1=CC(=O)[C@@H](O)[C@]2(C)[C@H]3[C@@]4(O)OC[C@@]35[C@@H](C[C@@H]12)OC(=O)C[C@H]5[C@H](C)[C@H]4O. The molecule has 27 heavy (non-hydrogen) atoms. The molecule has 7 heteroatoms. The fraction of sp³-hybridized carbons (Fsp3) is 0.800. The molecule has 0 aromatic carbocycles. The Hall–Kier alpha value is -1.28. The van der Waals surface area contributed by atoms with E-state index in [4.69, 9.17) is 9.47 Å². The molecular formula is C20H26O7. The van der Waals surface area contributed by atoms with E-state index in [9.17, 15) is 24.9 Å². The fourth-order valence-corrected chi connectivity index (χ4v) is 7.54. The van der Waals surface area contributed by atoms with Crippen molar-refractivity contribution in [3.63, 3.8) is 0 Å². The topological polar surface area (TPSA) is 113 Å². The number of hydrogen-bond donors (Lipinski definition) is 3. The van der Waals surface area contributed by atoms with Gasteiger partial charge in [0.15, 0.2) is 11.6 Å². The van der Waals surface area contributed by atoms with E-state index in [1.165, 1.54) is 6.08 Å². The van der Waals surface area contributed by atoms with Gasteiger partial charge < -0.3 is 24.8 Å². The van der Waals surface area contributed by atoms with Crippen LogP contribution in [0.15, 0.2) is 11.6 Å². The molecule has 3 N–H and O–H groups in total. The second-order valence-corrected chi connectivity index (χ2v) is 9.53. The molecule has 2 saturated heterocycles. The maximum Gasteiger partial charge on any atom is 0.306 e. The van der Waals surface area contributed by atoms with E-state index in [1.54, 1.807) is 0 Å². The van der Waals surface area contributed by atoms with E-state index >= 15 is 0 Å². The highest BCUT2D eigenvalue weighted by molar-refractivity contribution is 5.96. The summed E-state index contributed by atoms with van der Waals surface area (Å²) in [6, 6.07) is 0. The maximum absolute atomic E-state index is 12.5. The van der Waals surface area contributed by atoms with Crippen LogP contribution in [0.2, 0.25) is 0 Å². The van der Waals surface area contributed by atoms with Crippen LogP contribution in [-0.4, -0.2) is 57.8 Å². The number of ketones is 1. The molecule has 4 fully saturated rings. The smallest absolute Gasteiger partial charge is 0.306 e. The monoisotopic (exact) mass is 378 g/mol. The summed E-state index contributed by atoms with van der Waals surface area (Å²) in [5, 5.41) is 33.5. The van der Waals surface area contributed by atoms with Crippen molar-refractivity contribution in [1.82, 2.24) is 0 Å². The molecule has 0 aromatic rings. The quantitative estimate of drug-likeness (QED) is 0.515. The summed E-state index contributed by atoms with van der Waals surface area (Å²) in [7, 11) is 0. The largest absolute Gasteiger partial charge is 0.462 e. The van der Waals surface area contributed by atoms with Crippen LogP contribution in [0.25, 0.3) is 0 Å². The first-order valence-corrected chi connectivity index (χ1v) is 9.72. The number of hydrogen-bond acceptors (Lipinski definition) is 7. The number of aliphatic hydroxyl groups is 3. The number of esters is 1. The Bertz CT molecular complexity index is 776. The van der Waals surface area contributed by atoms with Gasteiger partial charge in [0, 0.05) is 23.2 Å². The predicted molar refractivity (Wildman–Crippen MR) is 91.0 cm³/mol. The van der Waals surface area contributed by atoms with Crippen LogP contribution < -0.4 is 0 Å². The van der Waals surface area contributed by atoms with Crippen molar-refractivity contribution in [2.24, 2.45) is 34.5 Å². The van der Waals surface area contributed by atoms with Gasteiger partial charge in [-0.1, -0.05) is 19.4 Å². The van der Waals surface area contributed by atoms with E-state index in [0.717, 1.165) is 5.57 Å². The van der Waals surface area contributed by atoms with Crippen molar-refractivity contribution in [3.8, 4) is 0 Å². The second kappa shape index (κ2) is 5.00. The van der Waals surface area contributed by atoms with Crippen LogP contribution in [-0.2, 0) is 19.1 Å². The lowest BCUT2D eigenvalue weighted by Crippen LogP contribution is -2.75. The summed E-state index contributed by atoms with van der Waals surface area (Å²) < 4.78 is 11.6. The van der Waals surface area contributed by atoms with Gasteiger partial charge in [-0.05, 0) is 37.2 Å². The average Bonchev–Trinajstić information content (AvgIpc) is 2.90. The Morgan fingerprint density at radius 3 is 2.67 bits per heavy atom. The average molecular weight is 378 g/mol. The third-order valence-electron chi connectivity index (χ3n) is 8.61. The lowest BCUT2D eigenvalue weighted by molar-refractivity contribution is -0.332. The molecule has 5 rings (SSSR count). The Morgan fingerprint density at radius 1 is 1.26 bits per heavy atom. The predicted octanol–water partition coefficient (Wildman–Crippen LogP) is 0.166. The summed E-state index contributed by atoms with van der Waals surface area (Å²) in [5.74, 6) is -4.15. The summed E-state index contributed by atoms with van der Waals surface area (Å²) in [4.78, 5) is 24.9. The van der Waals surface area contributed by atoms with E-state index in [1.807, 2.05) is 20.8 Å². The van der Waals surface area contributed by atoms with Gasteiger partial charge in [0.05, 0.1) is 6.61 Å². The molecule has 148 valence electrons. The van der Waals surface area contributed by atoms with E-state index in [0.29, 0.717) is 6.42 Å². The van der Waals surface area contributed by atoms with Crippen molar-refractivity contribution < 1.29 is 34.4 Å². The second-order valence-electron chi connectivity index (χ2n) is 9.53. The lowest BCUT2D eigenvalue weighted by atomic mass is 9.38. The van der Waals surface area contributed by atoms with Crippen LogP contribution in [0.3, 0.4) is 0 Å². The third-order valence-corrected chi connectivity index (χ3v) is 8.61. The molecule has 10 atom stereocenters. The molecule has 2 saturated carbocycles. The maximum atomic E-state index is 12.5. The Balaban J connectivity index is 1.78. The van der Waals surface area contributed by atoms with Crippen LogP contribution in [0, 0.1) is 34.5 Å². The minimum atomic E-state index is -1.88. The molecule has 2 bridgehead atoms. The number of carbonyl (C=O) groups is 2. The molecule has 2 aliphatic heterocycles. The number of rotatable bonds is 0. The van der Waals surface area contributed by atoms with Gasteiger partial charge in [0.25, 0.3) is 0 Å². The van der Waals surface area contributed by atoms with Gasteiger partial charge in [-0.15, -0.1) is 0 Å². The highest BCUT2D eigenvalue weighted by Crippen LogP contribution is 2.73. The van der Waals surface area contributed by atoms with Gasteiger partial charge in [-0.25, -0.2) is 0 Å². The lowest BCUT2D eigenvalue weighted by Gasteiger charge is -2.67. The summed E-state index contributed by atoms with van der Waals surface area (Å²) in [6.07, 6.45) is -0.917. The molecule has 3 aliphatic carbocycles. The summed E-state index contributed by atoms with van der Waals surface area (Å²) in [5.41, 5.74) is -0.927. The minimum Gasteiger partial charge on any atom is -0.462 e. The Morgan fingerprint density at radius 2 is 1.96 bits per heavy atom. The molecule has 0 radical (unpaired) electrons. The zero-order valence-electron chi connectivity index (χ0n) is 15.7. The zero-order chi connectivity index (χ0) is 19.5. The van der Waals surface area contributed by atoms with Gasteiger partial charge in [-0.3, -0.25) is 9.59 Å². The van der Waals surface area contributed by atoms with Crippen molar-refractivity contribution >= 4 is 11.8 Å². The molecule has 5 aliphatic rings. The number of fused-ring (bicyclic) bond motifs is 1. The normalized spacial score (nSPS) is 58.9. The number of aliphatic hydroxyl groups excluding tert-OH is 2. The molecule has 0 unspecified atom stereocenters. The standard InChI is InChI=1S/C20H26O7/c1-8-4-12(21)16(24)18(3)10(8)5-13-19-7-26-20(25,17(18)19)15(23)9(2)11(19)6-14(22)27-13/h4,9-11,13,15-17,23-25H,5-7H2,1-3H3/t9-,10-,11-,13+,15+,16+,17+,18+,19+,20-/m0/s1. The highest BCUT2D eigenvalue weighted by atomic mass is 16.6. The van der Waals surface area contributed by atoms with Crippen LogP contribution in [0.1, 0.15) is 33.6 Å². The highest BCUT2D eigenvalue weighted by Gasteiger charge is 2.81. The van der Waals surface area contributed by atoms with E-state index in [-0.39, 0.29) is 42.5 Å². The Labute approximate surface area is 157 Å². The minimum absolute atomic E-state index is 0.143. The third kappa shape index (κ3) is 1.74. The zero-order valence-corrected chi connectivity index (χ0v) is 15.7. The van der Waals surface area contributed by atoms with Gasteiger partial charge in [0.1, 0.15) is 18.3 Å². The van der Waals surface area contributed by atoms with Crippen molar-refractivity contribution in [2.45, 2.75) is 57.7 Å². The Kier molecular flexibility index (Phi) is 3.30. The summed E-state index contributed by atoms with van der Waals surface area (Å²) >= 11 is 0. The molecule has 0 amide bonds. The number of allylic oxidation sites excluding steroid dienone is 1. The number of carbonyl (C=O) groups excluding carboxylic acids is 2. The van der Waals surface area contributed by atoms with Gasteiger partial charge >= 0.3 is 5.97 Å². The van der Waals surface area contributed by atoms with Crippen molar-refractivity contribution in [3.05, 3.63) is 11.6 Å². The molecular weight excluding hydrogens is 352 g/mol. The van der Waals surface area contributed by atoms with Gasteiger partial charge in [0.2, 0.25) is 0 Å². The van der Waals surface area contributed by atoms with E-state index < -0.39 is 40.8 Å². The van der Waals surface area contributed by atoms with Crippen molar-refractivity contribution in [2.75, 3.05) is 6.61 Å². The van der Waals surface area contributed by atoms with Crippen LogP contribution in [0.5, 0.6) is 0 Å². The van der Waals surface area contributed by atoms with Gasteiger partial charge in [-0.2, -0.15) is 0 Å². The molecule has 1 spiro atoms. The van der Waals surface area contributed by atoms with E-state index in [2.05, 4.69) is 0 Å². The first-order valence-electron chi connectivity index (χ1n) is 9.72. The number of ether oxygens (including phenoxy) is 2. The van der Waals surface area contributed by atoms with Crippen LogP contribution in [0.4, 0.5) is 0 Å². The van der Waals surface area contributed by atoms with Crippen molar-refractivity contribution in [1.29, 1.82) is 0 Å². The van der Waals surface area contributed by atoms with Crippen LogP contribution >= 0.6 is 0 Å².